The van der Waals surface area contributed by atoms with Crippen molar-refractivity contribution in [2.24, 2.45) is 0 Å². The van der Waals surface area contributed by atoms with Crippen LogP contribution in [0.4, 0.5) is 0 Å². The molecule has 0 aliphatic rings. The third kappa shape index (κ3) is 1.55. The van der Waals surface area contributed by atoms with E-state index in [0.717, 1.165) is 5.56 Å². The first-order valence-corrected chi connectivity index (χ1v) is 3.70. The zero-order valence-electron chi connectivity index (χ0n) is 4.89. The van der Waals surface area contributed by atoms with E-state index < -0.39 is 0 Å². The first-order valence-electron chi connectivity index (χ1n) is 2.62. The summed E-state index contributed by atoms with van der Waals surface area (Å²) in [6.45, 7) is 3.67. The predicted molar refractivity (Wildman–Crippen MR) is 48.1 cm³/mol. The molecule has 0 spiro atoms. The minimum atomic E-state index is 1.15. The molecule has 1 aromatic carbocycles. The highest BCUT2D eigenvalue weighted by Crippen LogP contribution is 2.10. The molecule has 0 aromatic heterocycles. The Morgan fingerprint density at radius 3 is 2.89 bits per heavy atom. The molecule has 0 bridgehead atoms. The van der Waals surface area contributed by atoms with Crippen LogP contribution in [0.15, 0.2) is 24.8 Å². The summed E-state index contributed by atoms with van der Waals surface area (Å²) < 4.78 is 1.22. The van der Waals surface area contributed by atoms with Crippen LogP contribution in [0.25, 0.3) is 6.08 Å². The fourth-order valence-corrected chi connectivity index (χ4v) is 1.14. The summed E-state index contributed by atoms with van der Waals surface area (Å²) in [5.74, 6) is 0. The molecular formula is C8H6I. The van der Waals surface area contributed by atoms with Crippen molar-refractivity contribution in [3.63, 3.8) is 0 Å². The van der Waals surface area contributed by atoms with Gasteiger partial charge in [-0.3, -0.25) is 0 Å². The van der Waals surface area contributed by atoms with E-state index in [1.807, 2.05) is 24.3 Å². The molecule has 9 heavy (non-hydrogen) atoms. The lowest BCUT2D eigenvalue weighted by molar-refractivity contribution is 1.59. The molecular weight excluding hydrogens is 223 g/mol. The van der Waals surface area contributed by atoms with Crippen LogP contribution in [0.3, 0.4) is 0 Å². The van der Waals surface area contributed by atoms with Crippen LogP contribution in [0.1, 0.15) is 5.56 Å². The van der Waals surface area contributed by atoms with Crippen molar-refractivity contribution in [1.82, 2.24) is 0 Å². The highest BCUT2D eigenvalue weighted by Gasteiger charge is 1.89. The van der Waals surface area contributed by atoms with E-state index in [2.05, 4.69) is 35.2 Å². The van der Waals surface area contributed by atoms with Gasteiger partial charge in [-0.25, -0.2) is 0 Å². The summed E-state index contributed by atoms with van der Waals surface area (Å²) >= 11 is 2.27. The van der Waals surface area contributed by atoms with Crippen molar-refractivity contribution in [2.75, 3.05) is 0 Å². The lowest BCUT2D eigenvalue weighted by Gasteiger charge is -1.92. The Kier molecular flexibility index (Phi) is 2.28. The average Bonchev–Trinajstić information content (AvgIpc) is 1.89. The minimum absolute atomic E-state index is 1.15. The fourth-order valence-electron chi connectivity index (χ4n) is 0.581. The van der Waals surface area contributed by atoms with Crippen molar-refractivity contribution < 1.29 is 0 Å². The van der Waals surface area contributed by atoms with Gasteiger partial charge in [0.05, 0.1) is 0 Å². The van der Waals surface area contributed by atoms with Gasteiger partial charge < -0.3 is 0 Å². The van der Waals surface area contributed by atoms with Crippen LogP contribution < -0.4 is 0 Å². The molecule has 45 valence electrons. The van der Waals surface area contributed by atoms with Crippen LogP contribution in [-0.2, 0) is 0 Å². The van der Waals surface area contributed by atoms with Crippen molar-refractivity contribution in [3.8, 4) is 0 Å². The summed E-state index contributed by atoms with van der Waals surface area (Å²) in [4.78, 5) is 0. The summed E-state index contributed by atoms with van der Waals surface area (Å²) in [6.07, 6.45) is 1.83. The Morgan fingerprint density at radius 1 is 1.67 bits per heavy atom. The maximum Gasteiger partial charge on any atom is 0.0202 e. The second kappa shape index (κ2) is 3.01. The first-order chi connectivity index (χ1) is 4.34. The smallest absolute Gasteiger partial charge is 0.0202 e. The van der Waals surface area contributed by atoms with E-state index in [1.54, 1.807) is 0 Å². The van der Waals surface area contributed by atoms with Gasteiger partial charge in [0.2, 0.25) is 0 Å². The summed E-state index contributed by atoms with van der Waals surface area (Å²) in [5.41, 5.74) is 1.15. The van der Waals surface area contributed by atoms with Gasteiger partial charge in [-0.15, -0.1) is 0 Å². The highest BCUT2D eigenvalue weighted by molar-refractivity contribution is 14.1. The molecule has 1 radical (unpaired) electrons. The fraction of sp³-hybridized carbons (Fsp3) is 0. The Balaban J connectivity index is 3.15. The van der Waals surface area contributed by atoms with E-state index in [0.29, 0.717) is 0 Å². The molecule has 1 rings (SSSR count). The normalized spacial score (nSPS) is 9.00. The number of hydrogen-bond acceptors (Lipinski definition) is 0. The van der Waals surface area contributed by atoms with Crippen LogP contribution >= 0.6 is 22.6 Å². The van der Waals surface area contributed by atoms with Crippen molar-refractivity contribution in [3.05, 3.63) is 40.0 Å². The van der Waals surface area contributed by atoms with Gasteiger partial charge in [0.25, 0.3) is 0 Å². The molecule has 0 fully saturated rings. The standard InChI is InChI=1S/C8H6I/c1-2-7-5-3-4-6-8(7)9/h2,4-6H,1H2. The van der Waals surface area contributed by atoms with Crippen LogP contribution in [0, 0.1) is 9.64 Å². The summed E-state index contributed by atoms with van der Waals surface area (Å²) in [5, 5.41) is 0. The Bertz CT molecular complexity index is 216. The third-order valence-corrected chi connectivity index (χ3v) is 2.04. The van der Waals surface area contributed by atoms with E-state index in [9.17, 15) is 0 Å². The van der Waals surface area contributed by atoms with E-state index in [-0.39, 0.29) is 0 Å². The zero-order valence-corrected chi connectivity index (χ0v) is 7.05. The summed E-state index contributed by atoms with van der Waals surface area (Å²) in [7, 11) is 0. The molecule has 0 saturated carbocycles. The Hall–Kier alpha value is -0.310. The van der Waals surface area contributed by atoms with E-state index in [4.69, 9.17) is 0 Å². The molecule has 0 atom stereocenters. The molecule has 0 unspecified atom stereocenters. The number of rotatable bonds is 1. The van der Waals surface area contributed by atoms with Gasteiger partial charge in [-0.2, -0.15) is 0 Å². The monoisotopic (exact) mass is 229 g/mol. The predicted octanol–water partition coefficient (Wildman–Crippen LogP) is 2.73. The van der Waals surface area contributed by atoms with Crippen molar-refractivity contribution in [1.29, 1.82) is 0 Å². The Morgan fingerprint density at radius 2 is 2.44 bits per heavy atom. The van der Waals surface area contributed by atoms with Crippen LogP contribution in [0.2, 0.25) is 0 Å². The average molecular weight is 229 g/mol. The van der Waals surface area contributed by atoms with Crippen LogP contribution in [-0.4, -0.2) is 0 Å². The van der Waals surface area contributed by atoms with E-state index >= 15 is 0 Å². The second-order valence-corrected chi connectivity index (χ2v) is 2.81. The zero-order chi connectivity index (χ0) is 6.69. The van der Waals surface area contributed by atoms with Crippen LogP contribution in [0.5, 0.6) is 0 Å². The molecule has 0 amide bonds. The van der Waals surface area contributed by atoms with Gasteiger partial charge in [0.15, 0.2) is 0 Å². The largest absolute Gasteiger partial charge is 0.0984 e. The Labute approximate surface area is 68.7 Å². The molecule has 0 N–H and O–H groups in total. The molecule has 1 aromatic rings. The van der Waals surface area contributed by atoms with E-state index in [1.165, 1.54) is 3.57 Å². The molecule has 1 heteroatoms. The minimum Gasteiger partial charge on any atom is -0.0984 e. The van der Waals surface area contributed by atoms with Gasteiger partial charge in [-0.05, 0) is 46.4 Å². The van der Waals surface area contributed by atoms with Crippen molar-refractivity contribution in [2.45, 2.75) is 0 Å². The van der Waals surface area contributed by atoms with Gasteiger partial charge in [0.1, 0.15) is 0 Å². The lowest BCUT2D eigenvalue weighted by atomic mass is 10.2. The number of benzene rings is 1. The first kappa shape index (κ1) is 6.81. The van der Waals surface area contributed by atoms with Gasteiger partial charge in [-0.1, -0.05) is 18.7 Å². The lowest BCUT2D eigenvalue weighted by Crippen LogP contribution is -1.75. The molecule has 0 nitrogen and oxygen atoms in total. The van der Waals surface area contributed by atoms with Gasteiger partial charge >= 0.3 is 0 Å². The topological polar surface area (TPSA) is 0 Å². The molecule has 0 saturated heterocycles. The third-order valence-electron chi connectivity index (χ3n) is 1.06. The second-order valence-electron chi connectivity index (χ2n) is 1.65. The highest BCUT2D eigenvalue weighted by atomic mass is 127. The molecule has 0 aliphatic heterocycles. The SMILES string of the molecule is C=Cc1c[c]ccc1I. The summed E-state index contributed by atoms with van der Waals surface area (Å²) in [6, 6.07) is 8.81. The van der Waals surface area contributed by atoms with Gasteiger partial charge in [0, 0.05) is 3.57 Å². The molecule has 0 aliphatic carbocycles. The maximum absolute atomic E-state index is 3.67. The number of halogens is 1. The number of hydrogen-bond donors (Lipinski definition) is 0. The molecule has 0 heterocycles. The van der Waals surface area contributed by atoms with Crippen molar-refractivity contribution >= 4 is 28.7 Å². The quantitative estimate of drug-likeness (QED) is 0.649. The maximum atomic E-state index is 3.67.